The highest BCUT2D eigenvalue weighted by Crippen LogP contribution is 2.56. The molecule has 1 aromatic carbocycles. The summed E-state index contributed by atoms with van der Waals surface area (Å²) in [5, 5.41) is 0. The summed E-state index contributed by atoms with van der Waals surface area (Å²) in [5.41, 5.74) is 1.43. The van der Waals surface area contributed by atoms with Crippen molar-refractivity contribution in [3.05, 3.63) is 48.6 Å². The van der Waals surface area contributed by atoms with Gasteiger partial charge in [0.15, 0.2) is 0 Å². The summed E-state index contributed by atoms with van der Waals surface area (Å²) in [5.74, 6) is 0.661. The predicted molar refractivity (Wildman–Crippen MR) is 60.5 cm³/mol. The maximum Gasteiger partial charge on any atom is 0.120 e. The molecule has 0 amide bonds. The standard InChI is InChI=1S/C14H16O/c1-2-11-8-9-14(13(10-11)15-14)12-6-4-3-5-7-12/h2-7,11,13H,1,8-10H2. The van der Waals surface area contributed by atoms with Gasteiger partial charge in [-0.05, 0) is 30.7 Å². The van der Waals surface area contributed by atoms with Crippen molar-refractivity contribution >= 4 is 0 Å². The zero-order chi connectivity index (χ0) is 10.3. The molecule has 3 atom stereocenters. The number of benzene rings is 1. The molecule has 1 saturated heterocycles. The average Bonchev–Trinajstić information content (AvgIpc) is 3.04. The molecule has 1 aliphatic heterocycles. The van der Waals surface area contributed by atoms with Gasteiger partial charge in [0, 0.05) is 0 Å². The Hall–Kier alpha value is -1.08. The monoisotopic (exact) mass is 200 g/mol. The highest BCUT2D eigenvalue weighted by Gasteiger charge is 2.59. The van der Waals surface area contributed by atoms with Crippen LogP contribution in [-0.4, -0.2) is 6.10 Å². The fourth-order valence-corrected chi connectivity index (χ4v) is 2.80. The number of allylic oxidation sites excluding steroid dienone is 1. The van der Waals surface area contributed by atoms with Crippen LogP contribution in [-0.2, 0) is 10.3 Å². The van der Waals surface area contributed by atoms with Crippen LogP contribution < -0.4 is 0 Å². The summed E-state index contributed by atoms with van der Waals surface area (Å²) in [7, 11) is 0. The first-order valence-corrected chi connectivity index (χ1v) is 5.71. The largest absolute Gasteiger partial charge is 0.361 e. The van der Waals surface area contributed by atoms with Crippen molar-refractivity contribution in [3.8, 4) is 0 Å². The first kappa shape index (κ1) is 9.17. The second-order valence-electron chi connectivity index (χ2n) is 4.63. The molecule has 1 saturated carbocycles. The minimum Gasteiger partial charge on any atom is -0.361 e. The Morgan fingerprint density at radius 2 is 2.13 bits per heavy atom. The molecule has 1 aliphatic carbocycles. The third-order valence-electron chi connectivity index (χ3n) is 3.81. The molecule has 3 rings (SSSR count). The zero-order valence-corrected chi connectivity index (χ0v) is 8.86. The summed E-state index contributed by atoms with van der Waals surface area (Å²) in [4.78, 5) is 0. The van der Waals surface area contributed by atoms with E-state index in [-0.39, 0.29) is 5.60 Å². The second kappa shape index (κ2) is 3.21. The van der Waals surface area contributed by atoms with Crippen LogP contribution in [0.15, 0.2) is 43.0 Å². The van der Waals surface area contributed by atoms with E-state index in [1.165, 1.54) is 12.0 Å². The van der Waals surface area contributed by atoms with Gasteiger partial charge in [0.25, 0.3) is 0 Å². The molecule has 78 valence electrons. The SMILES string of the molecule is C=CC1CCC2(c3ccccc3)OC2C1. The summed E-state index contributed by atoms with van der Waals surface area (Å²) in [6, 6.07) is 10.6. The molecule has 2 fully saturated rings. The van der Waals surface area contributed by atoms with Crippen LogP contribution in [0, 0.1) is 5.92 Å². The molecule has 0 bridgehead atoms. The minimum absolute atomic E-state index is 0.0702. The van der Waals surface area contributed by atoms with E-state index in [0.717, 1.165) is 12.8 Å². The lowest BCUT2D eigenvalue weighted by Gasteiger charge is -2.22. The Kier molecular flexibility index (Phi) is 1.96. The van der Waals surface area contributed by atoms with Crippen molar-refractivity contribution in [2.24, 2.45) is 5.92 Å². The molecule has 1 heterocycles. The fourth-order valence-electron chi connectivity index (χ4n) is 2.80. The third-order valence-corrected chi connectivity index (χ3v) is 3.81. The second-order valence-corrected chi connectivity index (χ2v) is 4.63. The van der Waals surface area contributed by atoms with E-state index in [2.05, 4.69) is 43.0 Å². The zero-order valence-electron chi connectivity index (χ0n) is 8.86. The Labute approximate surface area is 90.8 Å². The van der Waals surface area contributed by atoms with Crippen LogP contribution in [0.3, 0.4) is 0 Å². The molecule has 1 aromatic rings. The van der Waals surface area contributed by atoms with Crippen LogP contribution >= 0.6 is 0 Å². The molecule has 0 spiro atoms. The van der Waals surface area contributed by atoms with Crippen molar-refractivity contribution in [2.75, 3.05) is 0 Å². The molecular formula is C14H16O. The molecular weight excluding hydrogens is 184 g/mol. The van der Waals surface area contributed by atoms with E-state index in [1.807, 2.05) is 0 Å². The number of hydrogen-bond donors (Lipinski definition) is 0. The average molecular weight is 200 g/mol. The summed E-state index contributed by atoms with van der Waals surface area (Å²) in [6.45, 7) is 3.88. The van der Waals surface area contributed by atoms with E-state index in [0.29, 0.717) is 12.0 Å². The van der Waals surface area contributed by atoms with Crippen molar-refractivity contribution in [1.29, 1.82) is 0 Å². The van der Waals surface area contributed by atoms with Gasteiger partial charge in [-0.25, -0.2) is 0 Å². The lowest BCUT2D eigenvalue weighted by atomic mass is 9.79. The van der Waals surface area contributed by atoms with Gasteiger partial charge in [-0.1, -0.05) is 36.4 Å². The van der Waals surface area contributed by atoms with Gasteiger partial charge in [-0.15, -0.1) is 6.58 Å². The molecule has 3 unspecified atom stereocenters. The maximum absolute atomic E-state index is 5.94. The van der Waals surface area contributed by atoms with E-state index in [9.17, 15) is 0 Å². The first-order valence-electron chi connectivity index (χ1n) is 5.71. The van der Waals surface area contributed by atoms with Gasteiger partial charge in [-0.3, -0.25) is 0 Å². The van der Waals surface area contributed by atoms with E-state index < -0.39 is 0 Å². The Morgan fingerprint density at radius 1 is 1.33 bits per heavy atom. The van der Waals surface area contributed by atoms with Crippen LogP contribution in [0.1, 0.15) is 24.8 Å². The highest BCUT2D eigenvalue weighted by molar-refractivity contribution is 5.30. The number of hydrogen-bond acceptors (Lipinski definition) is 1. The van der Waals surface area contributed by atoms with E-state index in [1.54, 1.807) is 0 Å². The first-order chi connectivity index (χ1) is 7.35. The van der Waals surface area contributed by atoms with Crippen LogP contribution in [0.25, 0.3) is 0 Å². The van der Waals surface area contributed by atoms with Crippen molar-refractivity contribution in [2.45, 2.75) is 31.0 Å². The summed E-state index contributed by atoms with van der Waals surface area (Å²) >= 11 is 0. The van der Waals surface area contributed by atoms with Gasteiger partial charge in [0.1, 0.15) is 5.60 Å². The van der Waals surface area contributed by atoms with Crippen LogP contribution in [0.2, 0.25) is 0 Å². The molecule has 2 aliphatic rings. The quantitative estimate of drug-likeness (QED) is 0.527. The number of epoxide rings is 1. The van der Waals surface area contributed by atoms with Crippen LogP contribution in [0.4, 0.5) is 0 Å². The molecule has 1 heteroatoms. The van der Waals surface area contributed by atoms with Gasteiger partial charge in [0.2, 0.25) is 0 Å². The fraction of sp³-hybridized carbons (Fsp3) is 0.429. The minimum atomic E-state index is 0.0702. The Bertz CT molecular complexity index is 370. The van der Waals surface area contributed by atoms with Crippen molar-refractivity contribution in [1.82, 2.24) is 0 Å². The molecule has 15 heavy (non-hydrogen) atoms. The summed E-state index contributed by atoms with van der Waals surface area (Å²) < 4.78 is 5.94. The Morgan fingerprint density at radius 3 is 2.80 bits per heavy atom. The van der Waals surface area contributed by atoms with Gasteiger partial charge in [0.05, 0.1) is 6.10 Å². The number of ether oxygens (including phenoxy) is 1. The molecule has 0 radical (unpaired) electrons. The molecule has 0 aromatic heterocycles. The Balaban J connectivity index is 1.83. The predicted octanol–water partition coefficient (Wildman–Crippen LogP) is 3.27. The topological polar surface area (TPSA) is 12.5 Å². The van der Waals surface area contributed by atoms with Gasteiger partial charge >= 0.3 is 0 Å². The maximum atomic E-state index is 5.94. The lowest BCUT2D eigenvalue weighted by Crippen LogP contribution is -2.21. The third kappa shape index (κ3) is 1.34. The molecule has 1 nitrogen and oxygen atoms in total. The number of rotatable bonds is 2. The summed E-state index contributed by atoms with van der Waals surface area (Å²) in [6.07, 6.45) is 6.04. The molecule has 0 N–H and O–H groups in total. The van der Waals surface area contributed by atoms with Gasteiger partial charge < -0.3 is 4.74 Å². The normalized spacial score (nSPS) is 38.1. The van der Waals surface area contributed by atoms with Crippen LogP contribution in [0.5, 0.6) is 0 Å². The van der Waals surface area contributed by atoms with Crippen molar-refractivity contribution in [3.63, 3.8) is 0 Å². The van der Waals surface area contributed by atoms with E-state index in [4.69, 9.17) is 4.74 Å². The highest BCUT2D eigenvalue weighted by atomic mass is 16.6. The van der Waals surface area contributed by atoms with Crippen molar-refractivity contribution < 1.29 is 4.74 Å². The lowest BCUT2D eigenvalue weighted by molar-refractivity contribution is 0.287. The van der Waals surface area contributed by atoms with E-state index >= 15 is 0 Å². The smallest absolute Gasteiger partial charge is 0.120 e. The van der Waals surface area contributed by atoms with Gasteiger partial charge in [-0.2, -0.15) is 0 Å². The number of fused-ring (bicyclic) bond motifs is 1.